The first-order valence-corrected chi connectivity index (χ1v) is 8.06. The molecule has 2 aromatic rings. The van der Waals surface area contributed by atoms with Gasteiger partial charge in [0.15, 0.2) is 0 Å². The fourth-order valence-electron chi connectivity index (χ4n) is 2.30. The second kappa shape index (κ2) is 9.50. The van der Waals surface area contributed by atoms with Crippen LogP contribution in [-0.2, 0) is 11.3 Å². The quantitative estimate of drug-likeness (QED) is 0.785. The highest BCUT2D eigenvalue weighted by Crippen LogP contribution is 2.15. The van der Waals surface area contributed by atoms with Crippen LogP contribution in [0, 0.1) is 0 Å². The van der Waals surface area contributed by atoms with E-state index in [1.165, 1.54) is 17.0 Å². The van der Waals surface area contributed by atoms with E-state index in [0.717, 1.165) is 5.56 Å². The highest BCUT2D eigenvalue weighted by molar-refractivity contribution is 5.94. The SMILES string of the molecule is CN(Cc1ccc(OC(F)F)cc1)C(=O)CCNC(=O)c1ccccc1. The Hall–Kier alpha value is -2.96. The third-order valence-corrected chi connectivity index (χ3v) is 3.65. The van der Waals surface area contributed by atoms with Gasteiger partial charge in [-0.1, -0.05) is 30.3 Å². The summed E-state index contributed by atoms with van der Waals surface area (Å²) in [6.07, 6.45) is 0.168. The van der Waals surface area contributed by atoms with Crippen molar-refractivity contribution in [2.45, 2.75) is 19.6 Å². The average molecular weight is 362 g/mol. The molecule has 0 saturated heterocycles. The first-order valence-electron chi connectivity index (χ1n) is 8.06. The molecule has 5 nitrogen and oxygen atoms in total. The van der Waals surface area contributed by atoms with Gasteiger partial charge in [-0.15, -0.1) is 0 Å². The van der Waals surface area contributed by atoms with Crippen molar-refractivity contribution in [1.82, 2.24) is 10.2 Å². The van der Waals surface area contributed by atoms with E-state index in [9.17, 15) is 18.4 Å². The molecule has 0 spiro atoms. The van der Waals surface area contributed by atoms with E-state index in [0.29, 0.717) is 12.1 Å². The Morgan fingerprint density at radius 3 is 2.35 bits per heavy atom. The second-order valence-electron chi connectivity index (χ2n) is 5.64. The summed E-state index contributed by atoms with van der Waals surface area (Å²) >= 11 is 0. The van der Waals surface area contributed by atoms with Crippen molar-refractivity contribution in [3.63, 3.8) is 0 Å². The molecule has 0 aliphatic rings. The van der Waals surface area contributed by atoms with Crippen LogP contribution < -0.4 is 10.1 Å². The number of hydrogen-bond donors (Lipinski definition) is 1. The minimum absolute atomic E-state index is 0.0707. The van der Waals surface area contributed by atoms with Crippen molar-refractivity contribution >= 4 is 11.8 Å². The van der Waals surface area contributed by atoms with E-state index in [4.69, 9.17) is 0 Å². The summed E-state index contributed by atoms with van der Waals surface area (Å²) in [6.45, 7) is -2.30. The number of ether oxygens (including phenoxy) is 1. The van der Waals surface area contributed by atoms with E-state index in [-0.39, 0.29) is 30.5 Å². The number of alkyl halides is 2. The minimum atomic E-state index is -2.86. The summed E-state index contributed by atoms with van der Waals surface area (Å²) < 4.78 is 28.5. The van der Waals surface area contributed by atoms with Gasteiger partial charge in [0.2, 0.25) is 5.91 Å². The molecule has 0 fully saturated rings. The summed E-state index contributed by atoms with van der Waals surface area (Å²) in [5.41, 5.74) is 1.33. The molecule has 26 heavy (non-hydrogen) atoms. The summed E-state index contributed by atoms with van der Waals surface area (Å²) in [5, 5.41) is 2.70. The lowest BCUT2D eigenvalue weighted by atomic mass is 10.2. The molecular weight excluding hydrogens is 342 g/mol. The van der Waals surface area contributed by atoms with Gasteiger partial charge in [-0.3, -0.25) is 9.59 Å². The molecule has 2 aromatic carbocycles. The van der Waals surface area contributed by atoms with Crippen LogP contribution in [0.3, 0.4) is 0 Å². The van der Waals surface area contributed by atoms with Gasteiger partial charge in [-0.05, 0) is 29.8 Å². The topological polar surface area (TPSA) is 58.6 Å². The summed E-state index contributed by atoms with van der Waals surface area (Å²) in [5.74, 6) is -0.289. The molecule has 0 aliphatic heterocycles. The average Bonchev–Trinajstić information content (AvgIpc) is 2.63. The van der Waals surface area contributed by atoms with Gasteiger partial charge in [-0.2, -0.15) is 8.78 Å². The van der Waals surface area contributed by atoms with Gasteiger partial charge in [0.25, 0.3) is 5.91 Å². The molecule has 7 heteroatoms. The molecule has 138 valence electrons. The lowest BCUT2D eigenvalue weighted by Crippen LogP contribution is -2.31. The largest absolute Gasteiger partial charge is 0.435 e. The van der Waals surface area contributed by atoms with Crippen LogP contribution in [0.15, 0.2) is 54.6 Å². The molecular formula is C19H20F2N2O3. The van der Waals surface area contributed by atoms with Gasteiger partial charge in [0, 0.05) is 32.1 Å². The molecule has 2 amide bonds. The van der Waals surface area contributed by atoms with E-state index < -0.39 is 6.61 Å². The fourth-order valence-corrected chi connectivity index (χ4v) is 2.30. The van der Waals surface area contributed by atoms with Gasteiger partial charge >= 0.3 is 6.61 Å². The van der Waals surface area contributed by atoms with E-state index in [1.54, 1.807) is 43.4 Å². The number of carbonyl (C=O) groups excluding carboxylic acids is 2. The monoisotopic (exact) mass is 362 g/mol. The van der Waals surface area contributed by atoms with Crippen LogP contribution >= 0.6 is 0 Å². The summed E-state index contributed by atoms with van der Waals surface area (Å²) in [6, 6.07) is 14.9. The Morgan fingerprint density at radius 1 is 1.08 bits per heavy atom. The molecule has 2 rings (SSSR count). The standard InChI is InChI=1S/C19H20F2N2O3/c1-23(13-14-7-9-16(10-8-14)26-19(20)21)17(24)11-12-22-18(25)15-5-3-2-4-6-15/h2-10,19H,11-13H2,1H3,(H,22,25). The third-order valence-electron chi connectivity index (χ3n) is 3.65. The molecule has 1 N–H and O–H groups in total. The predicted octanol–water partition coefficient (Wildman–Crippen LogP) is 3.07. The maximum atomic E-state index is 12.1. The third kappa shape index (κ3) is 6.16. The zero-order valence-electron chi connectivity index (χ0n) is 14.3. The lowest BCUT2D eigenvalue weighted by molar-refractivity contribution is -0.130. The first kappa shape index (κ1) is 19.4. The molecule has 0 atom stereocenters. The number of carbonyl (C=O) groups is 2. The molecule has 0 aliphatic carbocycles. The zero-order chi connectivity index (χ0) is 18.9. The maximum absolute atomic E-state index is 12.1. The van der Waals surface area contributed by atoms with Crippen molar-refractivity contribution in [2.24, 2.45) is 0 Å². The smallest absolute Gasteiger partial charge is 0.387 e. The van der Waals surface area contributed by atoms with Gasteiger partial charge < -0.3 is 15.0 Å². The number of hydrogen-bond acceptors (Lipinski definition) is 3. The van der Waals surface area contributed by atoms with Crippen molar-refractivity contribution in [1.29, 1.82) is 0 Å². The maximum Gasteiger partial charge on any atom is 0.387 e. The van der Waals surface area contributed by atoms with Crippen LogP contribution in [0.2, 0.25) is 0 Å². The summed E-state index contributed by atoms with van der Waals surface area (Å²) in [4.78, 5) is 25.5. The van der Waals surface area contributed by atoms with Crippen molar-refractivity contribution in [3.8, 4) is 5.75 Å². The number of rotatable bonds is 8. The summed E-state index contributed by atoms with van der Waals surface area (Å²) in [7, 11) is 1.64. The van der Waals surface area contributed by atoms with Crippen LogP contribution in [0.1, 0.15) is 22.3 Å². The molecule has 0 radical (unpaired) electrons. The molecule has 0 unspecified atom stereocenters. The lowest BCUT2D eigenvalue weighted by Gasteiger charge is -2.17. The van der Waals surface area contributed by atoms with Crippen LogP contribution in [-0.4, -0.2) is 36.9 Å². The van der Waals surface area contributed by atoms with Crippen molar-refractivity contribution < 1.29 is 23.1 Å². The molecule has 0 saturated carbocycles. The number of amides is 2. The minimum Gasteiger partial charge on any atom is -0.435 e. The van der Waals surface area contributed by atoms with Crippen LogP contribution in [0.5, 0.6) is 5.75 Å². The van der Waals surface area contributed by atoms with Crippen LogP contribution in [0.4, 0.5) is 8.78 Å². The first-order chi connectivity index (χ1) is 12.5. The zero-order valence-corrected chi connectivity index (χ0v) is 14.3. The fraction of sp³-hybridized carbons (Fsp3) is 0.263. The van der Waals surface area contributed by atoms with Gasteiger partial charge in [0.1, 0.15) is 5.75 Å². The number of benzene rings is 2. The Bertz CT molecular complexity index is 721. The molecule has 0 aromatic heterocycles. The molecule has 0 heterocycles. The Balaban J connectivity index is 1.76. The van der Waals surface area contributed by atoms with Gasteiger partial charge in [0.05, 0.1) is 0 Å². The Labute approximate surface area is 150 Å². The number of halogens is 2. The van der Waals surface area contributed by atoms with Crippen molar-refractivity contribution in [2.75, 3.05) is 13.6 Å². The normalized spacial score (nSPS) is 10.5. The number of nitrogens with zero attached hydrogens (tertiary/aromatic N) is 1. The van der Waals surface area contributed by atoms with Crippen LogP contribution in [0.25, 0.3) is 0 Å². The van der Waals surface area contributed by atoms with Gasteiger partial charge in [-0.25, -0.2) is 0 Å². The highest BCUT2D eigenvalue weighted by atomic mass is 19.3. The Morgan fingerprint density at radius 2 is 1.73 bits per heavy atom. The predicted molar refractivity (Wildman–Crippen MR) is 92.9 cm³/mol. The van der Waals surface area contributed by atoms with E-state index in [2.05, 4.69) is 10.1 Å². The highest BCUT2D eigenvalue weighted by Gasteiger charge is 2.11. The number of nitrogens with one attached hydrogen (secondary N) is 1. The van der Waals surface area contributed by atoms with E-state index in [1.807, 2.05) is 6.07 Å². The second-order valence-corrected chi connectivity index (χ2v) is 5.64. The van der Waals surface area contributed by atoms with Crippen molar-refractivity contribution in [3.05, 3.63) is 65.7 Å². The van der Waals surface area contributed by atoms with E-state index >= 15 is 0 Å². The Kier molecular flexibility index (Phi) is 7.08. The molecule has 0 bridgehead atoms.